The molecule has 2 aromatic rings. The number of hydrogen-bond donors (Lipinski definition) is 1. The highest BCUT2D eigenvalue weighted by atomic mass is 32.2. The number of nitriles is 1. The third-order valence-electron chi connectivity index (χ3n) is 2.37. The number of benzene rings is 2. The van der Waals surface area contributed by atoms with E-state index in [1.807, 2.05) is 24.3 Å². The van der Waals surface area contributed by atoms with Gasteiger partial charge in [-0.25, -0.2) is 8.42 Å². The van der Waals surface area contributed by atoms with Crippen LogP contribution in [-0.4, -0.2) is 15.0 Å². The van der Waals surface area contributed by atoms with Crippen LogP contribution in [0, 0.1) is 11.3 Å². The zero-order valence-corrected chi connectivity index (χ0v) is 9.74. The average Bonchev–Trinajstić information content (AvgIpc) is 2.36. The van der Waals surface area contributed by atoms with Crippen molar-refractivity contribution < 1.29 is 8.42 Å². The molecule has 0 aromatic heterocycles. The third kappa shape index (κ3) is 2.44. The SMILES string of the molecule is N#CCNS(=O)(=O)c1ccc2ccccc2c1. The lowest BCUT2D eigenvalue weighted by Gasteiger charge is -2.04. The van der Waals surface area contributed by atoms with Crippen LogP contribution in [0.2, 0.25) is 0 Å². The monoisotopic (exact) mass is 246 g/mol. The fourth-order valence-electron chi connectivity index (χ4n) is 1.55. The second-order valence-corrected chi connectivity index (χ2v) is 5.26. The van der Waals surface area contributed by atoms with Crippen molar-refractivity contribution in [3.8, 4) is 6.07 Å². The van der Waals surface area contributed by atoms with Crippen molar-refractivity contribution in [3.05, 3.63) is 42.5 Å². The van der Waals surface area contributed by atoms with Crippen LogP contribution in [0.1, 0.15) is 0 Å². The van der Waals surface area contributed by atoms with Gasteiger partial charge in [0, 0.05) is 0 Å². The number of nitrogens with one attached hydrogen (secondary N) is 1. The Morgan fingerprint density at radius 1 is 1.12 bits per heavy atom. The number of nitrogens with zero attached hydrogens (tertiary/aromatic N) is 1. The van der Waals surface area contributed by atoms with Crippen LogP contribution in [-0.2, 0) is 10.0 Å². The Kier molecular flexibility index (Phi) is 3.09. The van der Waals surface area contributed by atoms with Crippen molar-refractivity contribution in [2.24, 2.45) is 0 Å². The summed E-state index contributed by atoms with van der Waals surface area (Å²) in [7, 11) is -3.59. The molecular weight excluding hydrogens is 236 g/mol. The minimum Gasteiger partial charge on any atom is -0.207 e. The standard InChI is InChI=1S/C12H10N2O2S/c13-7-8-14-17(15,16)12-6-5-10-3-1-2-4-11(10)9-12/h1-6,9,14H,8H2. The van der Waals surface area contributed by atoms with Gasteiger partial charge in [-0.05, 0) is 22.9 Å². The smallest absolute Gasteiger partial charge is 0.207 e. The molecule has 0 unspecified atom stereocenters. The van der Waals surface area contributed by atoms with Gasteiger partial charge < -0.3 is 0 Å². The fraction of sp³-hybridized carbons (Fsp3) is 0.0833. The molecular formula is C12H10N2O2S. The van der Waals surface area contributed by atoms with Crippen molar-refractivity contribution in [1.82, 2.24) is 4.72 Å². The van der Waals surface area contributed by atoms with Crippen LogP contribution in [0.4, 0.5) is 0 Å². The van der Waals surface area contributed by atoms with E-state index in [2.05, 4.69) is 4.72 Å². The molecule has 86 valence electrons. The summed E-state index contributed by atoms with van der Waals surface area (Å²) in [5, 5.41) is 10.2. The third-order valence-corrected chi connectivity index (χ3v) is 3.77. The number of sulfonamides is 1. The Labute approximate surface area is 99.5 Å². The quantitative estimate of drug-likeness (QED) is 0.837. The molecule has 0 aliphatic heterocycles. The van der Waals surface area contributed by atoms with E-state index in [0.29, 0.717) is 0 Å². The minimum absolute atomic E-state index is 0.173. The van der Waals surface area contributed by atoms with E-state index in [1.54, 1.807) is 18.2 Å². The van der Waals surface area contributed by atoms with Crippen molar-refractivity contribution in [2.75, 3.05) is 6.54 Å². The summed E-state index contributed by atoms with van der Waals surface area (Å²) in [4.78, 5) is 0.173. The van der Waals surface area contributed by atoms with Crippen LogP contribution in [0.25, 0.3) is 10.8 Å². The van der Waals surface area contributed by atoms with E-state index in [1.165, 1.54) is 6.07 Å². The van der Waals surface area contributed by atoms with Crippen molar-refractivity contribution in [3.63, 3.8) is 0 Å². The highest BCUT2D eigenvalue weighted by Gasteiger charge is 2.13. The molecule has 5 heteroatoms. The lowest BCUT2D eigenvalue weighted by molar-refractivity contribution is 0.586. The van der Waals surface area contributed by atoms with Gasteiger partial charge in [0.25, 0.3) is 0 Å². The lowest BCUT2D eigenvalue weighted by Crippen LogP contribution is -2.23. The first kappa shape index (κ1) is 11.6. The number of rotatable bonds is 3. The normalized spacial score (nSPS) is 11.2. The molecule has 17 heavy (non-hydrogen) atoms. The molecule has 4 nitrogen and oxygen atoms in total. The molecule has 0 atom stereocenters. The van der Waals surface area contributed by atoms with Crippen LogP contribution < -0.4 is 4.72 Å². The summed E-state index contributed by atoms with van der Waals surface area (Å²) in [6, 6.07) is 14.1. The van der Waals surface area contributed by atoms with Gasteiger partial charge in [0.1, 0.15) is 0 Å². The first-order valence-electron chi connectivity index (χ1n) is 4.99. The van der Waals surface area contributed by atoms with Gasteiger partial charge in [0.2, 0.25) is 10.0 Å². The van der Waals surface area contributed by atoms with E-state index in [-0.39, 0.29) is 11.4 Å². The molecule has 0 aliphatic rings. The predicted octanol–water partition coefficient (Wildman–Crippen LogP) is 1.64. The van der Waals surface area contributed by atoms with E-state index in [9.17, 15) is 8.42 Å². The van der Waals surface area contributed by atoms with E-state index in [4.69, 9.17) is 5.26 Å². The minimum atomic E-state index is -3.59. The molecule has 0 saturated carbocycles. The van der Waals surface area contributed by atoms with Crippen LogP contribution >= 0.6 is 0 Å². The second kappa shape index (κ2) is 4.53. The maximum absolute atomic E-state index is 11.8. The molecule has 0 radical (unpaired) electrons. The highest BCUT2D eigenvalue weighted by Crippen LogP contribution is 2.18. The molecule has 0 amide bonds. The zero-order chi connectivity index (χ0) is 12.3. The molecule has 0 spiro atoms. The second-order valence-electron chi connectivity index (χ2n) is 3.49. The maximum atomic E-state index is 11.8. The van der Waals surface area contributed by atoms with Gasteiger partial charge in [-0.3, -0.25) is 0 Å². The topological polar surface area (TPSA) is 70.0 Å². The number of fused-ring (bicyclic) bond motifs is 1. The number of hydrogen-bond acceptors (Lipinski definition) is 3. The van der Waals surface area contributed by atoms with E-state index >= 15 is 0 Å². The Hall–Kier alpha value is -1.90. The maximum Gasteiger partial charge on any atom is 0.241 e. The Morgan fingerprint density at radius 3 is 2.53 bits per heavy atom. The van der Waals surface area contributed by atoms with Crippen molar-refractivity contribution >= 4 is 20.8 Å². The van der Waals surface area contributed by atoms with Crippen LogP contribution in [0.15, 0.2) is 47.4 Å². The summed E-state index contributed by atoms with van der Waals surface area (Å²) in [5.41, 5.74) is 0. The highest BCUT2D eigenvalue weighted by molar-refractivity contribution is 7.89. The van der Waals surface area contributed by atoms with Crippen molar-refractivity contribution in [2.45, 2.75) is 4.90 Å². The summed E-state index contributed by atoms with van der Waals surface area (Å²) >= 11 is 0. The van der Waals surface area contributed by atoms with Gasteiger partial charge in [-0.2, -0.15) is 9.98 Å². The van der Waals surface area contributed by atoms with Gasteiger partial charge in [-0.1, -0.05) is 30.3 Å². The van der Waals surface area contributed by atoms with Gasteiger partial charge in [-0.15, -0.1) is 0 Å². The van der Waals surface area contributed by atoms with Crippen LogP contribution in [0.5, 0.6) is 0 Å². The molecule has 0 bridgehead atoms. The van der Waals surface area contributed by atoms with Gasteiger partial charge in [0.05, 0.1) is 17.5 Å². The van der Waals surface area contributed by atoms with Gasteiger partial charge >= 0.3 is 0 Å². The summed E-state index contributed by atoms with van der Waals surface area (Å²) in [6.45, 7) is -0.227. The van der Waals surface area contributed by atoms with Gasteiger partial charge in [0.15, 0.2) is 0 Å². The van der Waals surface area contributed by atoms with E-state index in [0.717, 1.165) is 10.8 Å². The molecule has 0 heterocycles. The lowest BCUT2D eigenvalue weighted by atomic mass is 10.1. The zero-order valence-electron chi connectivity index (χ0n) is 8.92. The Morgan fingerprint density at radius 2 is 1.82 bits per heavy atom. The molecule has 0 saturated heterocycles. The first-order valence-corrected chi connectivity index (χ1v) is 6.47. The van der Waals surface area contributed by atoms with E-state index < -0.39 is 10.0 Å². The molecule has 1 N–H and O–H groups in total. The summed E-state index contributed by atoms with van der Waals surface area (Å²) in [5.74, 6) is 0. The average molecular weight is 246 g/mol. The fourth-order valence-corrected chi connectivity index (χ4v) is 2.50. The molecule has 0 fully saturated rings. The van der Waals surface area contributed by atoms with Crippen molar-refractivity contribution in [1.29, 1.82) is 5.26 Å². The Balaban J connectivity index is 2.47. The Bertz CT molecular complexity index is 687. The van der Waals surface area contributed by atoms with Crippen LogP contribution in [0.3, 0.4) is 0 Å². The first-order chi connectivity index (χ1) is 8.13. The molecule has 2 aromatic carbocycles. The summed E-state index contributed by atoms with van der Waals surface area (Å²) < 4.78 is 25.7. The largest absolute Gasteiger partial charge is 0.241 e. The summed E-state index contributed by atoms with van der Waals surface area (Å²) in [6.07, 6.45) is 0. The molecule has 0 aliphatic carbocycles. The predicted molar refractivity (Wildman–Crippen MR) is 64.7 cm³/mol. The molecule has 2 rings (SSSR count).